The first-order valence-corrected chi connectivity index (χ1v) is 9.60. The van der Waals surface area contributed by atoms with Crippen molar-refractivity contribution in [2.45, 2.75) is 36.1 Å². The number of hydrogen-bond acceptors (Lipinski definition) is 4. The number of rotatable bonds is 7. The summed E-state index contributed by atoms with van der Waals surface area (Å²) >= 11 is 0.385. The van der Waals surface area contributed by atoms with Crippen molar-refractivity contribution in [1.82, 2.24) is 10.2 Å². The third-order valence-electron chi connectivity index (χ3n) is 4.76. The van der Waals surface area contributed by atoms with Crippen LogP contribution in [0.25, 0.3) is 0 Å². The molecule has 148 valence electrons. The molecule has 0 spiro atoms. The van der Waals surface area contributed by atoms with Crippen LogP contribution in [0.3, 0.4) is 0 Å². The van der Waals surface area contributed by atoms with Crippen LogP contribution in [0.15, 0.2) is 53.4 Å². The first kappa shape index (κ1) is 20.1. The van der Waals surface area contributed by atoms with Crippen LogP contribution in [-0.4, -0.2) is 29.7 Å². The lowest BCUT2D eigenvalue weighted by Crippen LogP contribution is -2.43. The highest BCUT2D eigenvalue weighted by molar-refractivity contribution is 7.99. The molecule has 1 heterocycles. The number of urea groups is 1. The topological polar surface area (TPSA) is 58.6 Å². The van der Waals surface area contributed by atoms with E-state index >= 15 is 0 Å². The van der Waals surface area contributed by atoms with Crippen LogP contribution < -0.4 is 10.1 Å². The molecule has 0 bridgehead atoms. The first-order valence-electron chi connectivity index (χ1n) is 8.72. The number of nitrogens with one attached hydrogen (secondary N) is 1. The fraction of sp³-hybridized carbons (Fsp3) is 0.300. The zero-order valence-electron chi connectivity index (χ0n) is 15.4. The fourth-order valence-electron chi connectivity index (χ4n) is 3.32. The van der Waals surface area contributed by atoms with Gasteiger partial charge in [0.15, 0.2) is 0 Å². The summed E-state index contributed by atoms with van der Waals surface area (Å²) in [4.78, 5) is 27.2. The molecule has 1 saturated heterocycles. The molecule has 0 radical (unpaired) electrons. The molecule has 1 aliphatic heterocycles. The number of methoxy groups -OCH3 is 1. The van der Waals surface area contributed by atoms with Crippen molar-refractivity contribution in [3.63, 3.8) is 0 Å². The summed E-state index contributed by atoms with van der Waals surface area (Å²) in [6.07, 6.45) is 0.408. The lowest BCUT2D eigenvalue weighted by molar-refractivity contribution is -0.132. The highest BCUT2D eigenvalue weighted by Gasteiger charge is 2.51. The van der Waals surface area contributed by atoms with Gasteiger partial charge in [0.25, 0.3) is 11.7 Å². The second-order valence-corrected chi connectivity index (χ2v) is 7.34. The average molecular weight is 406 g/mol. The highest BCUT2D eigenvalue weighted by atomic mass is 32.2. The number of carbonyl (C=O) groups excluding carboxylic acids is 2. The van der Waals surface area contributed by atoms with E-state index in [9.17, 15) is 18.4 Å². The molecule has 0 saturated carbocycles. The summed E-state index contributed by atoms with van der Waals surface area (Å²) in [5.41, 5.74) is 0.229. The molecule has 1 fully saturated rings. The molecule has 1 aliphatic rings. The highest BCUT2D eigenvalue weighted by Crippen LogP contribution is 2.36. The predicted molar refractivity (Wildman–Crippen MR) is 102 cm³/mol. The van der Waals surface area contributed by atoms with E-state index in [-0.39, 0.29) is 18.2 Å². The summed E-state index contributed by atoms with van der Waals surface area (Å²) in [6, 6.07) is 13.3. The second-order valence-electron chi connectivity index (χ2n) is 6.31. The predicted octanol–water partition coefficient (Wildman–Crippen LogP) is 4.37. The molecule has 3 amide bonds. The Morgan fingerprint density at radius 3 is 2.50 bits per heavy atom. The van der Waals surface area contributed by atoms with Crippen molar-refractivity contribution in [2.75, 3.05) is 7.11 Å². The Balaban J connectivity index is 1.87. The van der Waals surface area contributed by atoms with Gasteiger partial charge in [-0.25, -0.2) is 4.79 Å². The quantitative estimate of drug-likeness (QED) is 0.548. The normalized spacial score (nSPS) is 19.2. The van der Waals surface area contributed by atoms with Gasteiger partial charge in [0.2, 0.25) is 0 Å². The monoisotopic (exact) mass is 406 g/mol. The van der Waals surface area contributed by atoms with Crippen LogP contribution in [-0.2, 0) is 16.9 Å². The summed E-state index contributed by atoms with van der Waals surface area (Å²) in [7, 11) is 1.39. The Morgan fingerprint density at radius 1 is 1.18 bits per heavy atom. The average Bonchev–Trinajstić information content (AvgIpc) is 2.94. The molecule has 5 nitrogen and oxygen atoms in total. The van der Waals surface area contributed by atoms with E-state index in [0.717, 1.165) is 10.5 Å². The van der Waals surface area contributed by atoms with E-state index in [1.165, 1.54) is 13.2 Å². The van der Waals surface area contributed by atoms with Crippen LogP contribution in [0.2, 0.25) is 0 Å². The molecule has 8 heteroatoms. The Hall–Kier alpha value is -2.61. The number of amides is 3. The molecule has 3 rings (SSSR count). The number of ether oxygens (including phenoxy) is 1. The molecular formula is C20H20F2N2O3S. The van der Waals surface area contributed by atoms with Crippen LogP contribution >= 0.6 is 11.8 Å². The molecule has 1 unspecified atom stereocenters. The largest absolute Gasteiger partial charge is 0.496 e. The Labute approximate surface area is 166 Å². The molecule has 2 aromatic rings. The second kappa shape index (κ2) is 8.18. The zero-order valence-corrected chi connectivity index (χ0v) is 16.3. The maximum Gasteiger partial charge on any atom is 0.325 e. The van der Waals surface area contributed by atoms with Crippen molar-refractivity contribution in [3.8, 4) is 5.75 Å². The Bertz CT molecular complexity index is 879. The van der Waals surface area contributed by atoms with Crippen LogP contribution in [0.4, 0.5) is 13.6 Å². The van der Waals surface area contributed by atoms with Gasteiger partial charge in [-0.1, -0.05) is 55.1 Å². The van der Waals surface area contributed by atoms with Crippen molar-refractivity contribution in [3.05, 3.63) is 59.7 Å². The number of imide groups is 1. The summed E-state index contributed by atoms with van der Waals surface area (Å²) in [5.74, 6) is -2.63. The third-order valence-corrected chi connectivity index (χ3v) is 5.53. The van der Waals surface area contributed by atoms with E-state index in [4.69, 9.17) is 4.74 Å². The molecule has 1 atom stereocenters. The smallest absolute Gasteiger partial charge is 0.325 e. The Kier molecular flexibility index (Phi) is 5.88. The number of thioether (sulfide) groups is 1. The minimum atomic E-state index is -2.57. The van der Waals surface area contributed by atoms with Gasteiger partial charge in [-0.2, -0.15) is 8.78 Å². The number of carbonyl (C=O) groups is 2. The number of nitrogens with zero attached hydrogens (tertiary/aromatic N) is 1. The van der Waals surface area contributed by atoms with Crippen molar-refractivity contribution < 1.29 is 23.1 Å². The summed E-state index contributed by atoms with van der Waals surface area (Å²) < 4.78 is 30.5. The molecular weight excluding hydrogens is 386 g/mol. The van der Waals surface area contributed by atoms with Gasteiger partial charge in [0.1, 0.15) is 11.3 Å². The number of alkyl halides is 2. The molecule has 2 aromatic carbocycles. The van der Waals surface area contributed by atoms with Crippen molar-refractivity contribution in [1.29, 1.82) is 0 Å². The van der Waals surface area contributed by atoms with Gasteiger partial charge >= 0.3 is 6.03 Å². The van der Waals surface area contributed by atoms with Gasteiger partial charge in [0.05, 0.1) is 18.6 Å². The SMILES string of the molecule is CCC1(c2ccccc2)NC(=O)N(Cc2ccc(SC(F)F)c(OC)c2)C1=O. The minimum absolute atomic E-state index is 0.0231. The lowest BCUT2D eigenvalue weighted by Gasteiger charge is -2.25. The molecule has 0 aromatic heterocycles. The number of benzene rings is 2. The van der Waals surface area contributed by atoms with Crippen LogP contribution in [0.1, 0.15) is 24.5 Å². The number of halogens is 2. The van der Waals surface area contributed by atoms with Crippen LogP contribution in [0, 0.1) is 0 Å². The van der Waals surface area contributed by atoms with Gasteiger partial charge in [0, 0.05) is 0 Å². The van der Waals surface area contributed by atoms with Gasteiger partial charge < -0.3 is 10.1 Å². The maximum absolute atomic E-state index is 13.1. The van der Waals surface area contributed by atoms with Gasteiger partial charge in [-0.15, -0.1) is 0 Å². The van der Waals surface area contributed by atoms with Crippen molar-refractivity contribution in [2.24, 2.45) is 0 Å². The molecule has 0 aliphatic carbocycles. The summed E-state index contributed by atoms with van der Waals surface area (Å²) in [6.45, 7) is 1.86. The van der Waals surface area contributed by atoms with E-state index in [2.05, 4.69) is 5.32 Å². The zero-order chi connectivity index (χ0) is 20.3. The third kappa shape index (κ3) is 3.69. The van der Waals surface area contributed by atoms with Gasteiger partial charge in [-0.3, -0.25) is 9.69 Å². The Morgan fingerprint density at radius 2 is 1.89 bits per heavy atom. The van der Waals surface area contributed by atoms with E-state index in [1.54, 1.807) is 12.1 Å². The maximum atomic E-state index is 13.1. The first-order chi connectivity index (χ1) is 13.4. The lowest BCUT2D eigenvalue weighted by atomic mass is 9.87. The fourth-order valence-corrected chi connectivity index (χ4v) is 3.92. The van der Waals surface area contributed by atoms with Crippen molar-refractivity contribution >= 4 is 23.7 Å². The number of hydrogen-bond donors (Lipinski definition) is 1. The minimum Gasteiger partial charge on any atom is -0.496 e. The molecule has 28 heavy (non-hydrogen) atoms. The van der Waals surface area contributed by atoms with E-state index < -0.39 is 17.3 Å². The van der Waals surface area contributed by atoms with E-state index in [0.29, 0.717) is 28.6 Å². The standard InChI is InChI=1S/C20H20F2N2O3S/c1-3-20(14-7-5-4-6-8-14)17(25)24(19(26)23-20)12-13-9-10-16(28-18(21)22)15(11-13)27-2/h4-11,18H,3,12H2,1-2H3,(H,23,26). The van der Waals surface area contributed by atoms with Crippen LogP contribution in [0.5, 0.6) is 5.75 Å². The van der Waals surface area contributed by atoms with E-state index in [1.807, 2.05) is 37.3 Å². The molecule has 1 N–H and O–H groups in total. The summed E-state index contributed by atoms with van der Waals surface area (Å²) in [5, 5.41) is 2.82. The van der Waals surface area contributed by atoms with Gasteiger partial charge in [-0.05, 0) is 29.7 Å².